The molecule has 290 valence electrons. The van der Waals surface area contributed by atoms with Crippen LogP contribution < -0.4 is 20.1 Å². The van der Waals surface area contributed by atoms with E-state index in [1.165, 1.54) is 18.6 Å². The number of rotatable bonds is 19. The molecule has 0 radical (unpaired) electrons. The number of imide groups is 2. The van der Waals surface area contributed by atoms with Gasteiger partial charge in [-0.25, -0.2) is 9.97 Å². The molecule has 1 aromatic heterocycles. The fourth-order valence-corrected chi connectivity index (χ4v) is 6.84. The molecule has 6 rings (SSSR count). The third kappa shape index (κ3) is 9.37. The molecule has 1 unspecified atom stereocenters. The largest absolute Gasteiger partial charge is 0.494 e. The van der Waals surface area contributed by atoms with E-state index in [1.54, 1.807) is 30.5 Å². The number of carbonyl (C=O) groups is 5. The van der Waals surface area contributed by atoms with Gasteiger partial charge in [-0.2, -0.15) is 0 Å². The molecule has 0 spiro atoms. The number of Topliss-reactive ketones (excluding diaryl/α,β-unsaturated/α-hetero) is 1. The molecule has 0 fully saturated rings. The van der Waals surface area contributed by atoms with E-state index in [9.17, 15) is 24.0 Å². The Labute approximate surface area is 326 Å². The average molecular weight is 758 g/mol. The number of hydrogen-bond donors (Lipinski definition) is 2. The Bertz CT molecular complexity index is 2110. The Kier molecular flexibility index (Phi) is 12.7. The molecule has 56 heavy (non-hydrogen) atoms. The van der Waals surface area contributed by atoms with Gasteiger partial charge in [0, 0.05) is 36.8 Å². The van der Waals surface area contributed by atoms with E-state index < -0.39 is 29.7 Å². The molecule has 2 aliphatic heterocycles. The number of fused-ring (bicyclic) bond motifs is 1. The lowest BCUT2D eigenvalue weighted by Gasteiger charge is -2.26. The normalized spacial score (nSPS) is 15.1. The minimum atomic E-state index is -1.16. The van der Waals surface area contributed by atoms with Crippen LogP contribution in [0.5, 0.6) is 11.5 Å². The molecule has 12 heteroatoms. The lowest BCUT2D eigenvalue weighted by Crippen LogP contribution is -2.51. The van der Waals surface area contributed by atoms with Crippen molar-refractivity contribution in [2.75, 3.05) is 18.5 Å². The molecule has 2 aliphatic rings. The van der Waals surface area contributed by atoms with Crippen molar-refractivity contribution in [2.24, 2.45) is 0 Å². The summed E-state index contributed by atoms with van der Waals surface area (Å²) in [6.45, 7) is 7.39. The van der Waals surface area contributed by atoms with E-state index in [2.05, 4.69) is 58.7 Å². The third-order valence-electron chi connectivity index (χ3n) is 10.1. The van der Waals surface area contributed by atoms with Gasteiger partial charge in [0.15, 0.2) is 11.6 Å². The highest BCUT2D eigenvalue weighted by Crippen LogP contribution is 2.34. The standard InChI is InChI=1S/C44H47N5O7/c1-29(50)40-46-26-24-32(47-40)28-56-34-20-16-31(17-21-34)44(2,3)30-14-18-33(19-15-30)55-27-10-8-6-4-5-7-9-25-45-36-13-11-12-35-39(36)43(54)49(42(35)53)37-22-23-38(51)48-41(37)52/h11-24,26,37,45H,4-10,25,27-28H2,1-3H3,(H,48,51,52). The van der Waals surface area contributed by atoms with Crippen LogP contribution in [0.4, 0.5) is 5.69 Å². The fourth-order valence-electron chi connectivity index (χ4n) is 6.84. The van der Waals surface area contributed by atoms with Crippen molar-refractivity contribution in [3.63, 3.8) is 0 Å². The predicted molar refractivity (Wildman–Crippen MR) is 211 cm³/mol. The summed E-state index contributed by atoms with van der Waals surface area (Å²) in [5, 5.41) is 5.45. The van der Waals surface area contributed by atoms with E-state index in [1.807, 2.05) is 24.3 Å². The maximum absolute atomic E-state index is 13.2. The first-order valence-electron chi connectivity index (χ1n) is 19.1. The maximum Gasteiger partial charge on any atom is 0.264 e. The number of nitrogens with one attached hydrogen (secondary N) is 2. The molecule has 0 bridgehead atoms. The van der Waals surface area contributed by atoms with E-state index in [0.717, 1.165) is 73.0 Å². The molecule has 0 saturated heterocycles. The molecule has 3 aromatic carbocycles. The Morgan fingerprint density at radius 1 is 0.804 bits per heavy atom. The summed E-state index contributed by atoms with van der Waals surface area (Å²) in [5.74, 6) is -0.791. The molecule has 4 aromatic rings. The van der Waals surface area contributed by atoms with Gasteiger partial charge in [0.25, 0.3) is 17.7 Å². The fraction of sp³-hybridized carbons (Fsp3) is 0.341. The van der Waals surface area contributed by atoms with Crippen molar-refractivity contribution in [3.05, 3.63) is 125 Å². The number of ketones is 1. The lowest BCUT2D eigenvalue weighted by atomic mass is 9.78. The van der Waals surface area contributed by atoms with E-state index in [-0.39, 0.29) is 34.8 Å². The van der Waals surface area contributed by atoms with Gasteiger partial charge in [-0.3, -0.25) is 34.2 Å². The van der Waals surface area contributed by atoms with Crippen molar-refractivity contribution in [1.82, 2.24) is 20.2 Å². The average Bonchev–Trinajstić information content (AvgIpc) is 3.45. The monoisotopic (exact) mass is 757 g/mol. The number of aromatic nitrogens is 2. The van der Waals surface area contributed by atoms with E-state index in [4.69, 9.17) is 9.47 Å². The number of anilines is 1. The van der Waals surface area contributed by atoms with Crippen molar-refractivity contribution in [3.8, 4) is 11.5 Å². The SMILES string of the molecule is CC(=O)c1nccc(COc2ccc(C(C)(C)c3ccc(OCCCCCCCCCNc4cccc5c4C(=O)N(C4C=CC(=O)NC4=O)C5=O)cc3)cc2)n1. The minimum absolute atomic E-state index is 0.180. The van der Waals surface area contributed by atoms with Gasteiger partial charge in [0.2, 0.25) is 5.91 Å². The first kappa shape index (κ1) is 39.5. The van der Waals surface area contributed by atoms with Crippen LogP contribution in [0, 0.1) is 0 Å². The van der Waals surface area contributed by atoms with Gasteiger partial charge < -0.3 is 14.8 Å². The number of carbonyl (C=O) groups excluding carboxylic acids is 5. The van der Waals surface area contributed by atoms with Gasteiger partial charge in [-0.1, -0.05) is 76.3 Å². The highest BCUT2D eigenvalue weighted by Gasteiger charge is 2.44. The number of benzene rings is 3. The second kappa shape index (κ2) is 18.0. The Morgan fingerprint density at radius 3 is 2.11 bits per heavy atom. The quantitative estimate of drug-likeness (QED) is 0.0581. The highest BCUT2D eigenvalue weighted by molar-refractivity contribution is 6.26. The van der Waals surface area contributed by atoms with Gasteiger partial charge in [0.05, 0.1) is 23.4 Å². The van der Waals surface area contributed by atoms with Gasteiger partial charge in [0.1, 0.15) is 24.1 Å². The van der Waals surface area contributed by atoms with Crippen molar-refractivity contribution in [2.45, 2.75) is 83.8 Å². The van der Waals surface area contributed by atoms with Crippen LogP contribution in [-0.4, -0.2) is 63.5 Å². The van der Waals surface area contributed by atoms with E-state index >= 15 is 0 Å². The summed E-state index contributed by atoms with van der Waals surface area (Å²) in [4.78, 5) is 70.7. The van der Waals surface area contributed by atoms with Crippen LogP contribution in [0.25, 0.3) is 0 Å². The number of ether oxygens (including phenoxy) is 2. The van der Waals surface area contributed by atoms with Gasteiger partial charge >= 0.3 is 0 Å². The molecule has 4 amide bonds. The summed E-state index contributed by atoms with van der Waals surface area (Å²) in [6, 6.07) is 22.0. The molecule has 0 aliphatic carbocycles. The zero-order valence-corrected chi connectivity index (χ0v) is 32.0. The van der Waals surface area contributed by atoms with Crippen LogP contribution in [0.15, 0.2) is 91.1 Å². The minimum Gasteiger partial charge on any atom is -0.494 e. The van der Waals surface area contributed by atoms with Crippen molar-refractivity contribution in [1.29, 1.82) is 0 Å². The highest BCUT2D eigenvalue weighted by atomic mass is 16.5. The summed E-state index contributed by atoms with van der Waals surface area (Å²) >= 11 is 0. The molecular formula is C44H47N5O7. The third-order valence-corrected chi connectivity index (χ3v) is 10.1. The van der Waals surface area contributed by atoms with Crippen LogP contribution >= 0.6 is 0 Å². The van der Waals surface area contributed by atoms with Crippen LogP contribution in [0.3, 0.4) is 0 Å². The molecule has 0 saturated carbocycles. The van der Waals surface area contributed by atoms with Crippen LogP contribution in [0.2, 0.25) is 0 Å². The molecule has 1 atom stereocenters. The molecule has 2 N–H and O–H groups in total. The van der Waals surface area contributed by atoms with Crippen LogP contribution in [-0.2, 0) is 21.6 Å². The number of nitrogens with zero attached hydrogens (tertiary/aromatic N) is 3. The predicted octanol–water partition coefficient (Wildman–Crippen LogP) is 6.98. The van der Waals surface area contributed by atoms with Crippen molar-refractivity contribution < 1.29 is 33.4 Å². The zero-order valence-electron chi connectivity index (χ0n) is 32.0. The zero-order chi connectivity index (χ0) is 39.7. The molecule has 12 nitrogen and oxygen atoms in total. The first-order valence-corrected chi connectivity index (χ1v) is 19.1. The van der Waals surface area contributed by atoms with Crippen LogP contribution in [0.1, 0.15) is 114 Å². The van der Waals surface area contributed by atoms with Gasteiger partial charge in [-0.15, -0.1) is 0 Å². The van der Waals surface area contributed by atoms with Gasteiger partial charge in [-0.05, 0) is 72.5 Å². The van der Waals surface area contributed by atoms with E-state index in [0.29, 0.717) is 24.5 Å². The number of amides is 4. The topological polar surface area (TPSA) is 157 Å². The van der Waals surface area contributed by atoms with Crippen molar-refractivity contribution >= 4 is 35.1 Å². The Morgan fingerprint density at radius 2 is 1.45 bits per heavy atom. The Hall–Kier alpha value is -6.17. The summed E-state index contributed by atoms with van der Waals surface area (Å²) < 4.78 is 11.9. The number of hydrogen-bond acceptors (Lipinski definition) is 10. The summed E-state index contributed by atoms with van der Waals surface area (Å²) in [7, 11) is 0. The Balaban J connectivity index is 0.849. The first-order chi connectivity index (χ1) is 27.0. The smallest absolute Gasteiger partial charge is 0.264 e. The molecule has 3 heterocycles. The number of unbranched alkanes of at least 4 members (excludes halogenated alkanes) is 6. The molecular weight excluding hydrogens is 711 g/mol. The lowest BCUT2D eigenvalue weighted by molar-refractivity contribution is -0.130. The second-order valence-electron chi connectivity index (χ2n) is 14.5. The summed E-state index contributed by atoms with van der Waals surface area (Å²) in [6.07, 6.45) is 11.4. The maximum atomic E-state index is 13.2. The second-order valence-corrected chi connectivity index (χ2v) is 14.5. The summed E-state index contributed by atoms with van der Waals surface area (Å²) in [5.41, 5.74) is 3.83.